The topological polar surface area (TPSA) is 79.5 Å². The maximum atomic E-state index is 12.7. The van der Waals surface area contributed by atoms with Gasteiger partial charge in [0.2, 0.25) is 17.7 Å². The number of piperidine rings is 2. The van der Waals surface area contributed by atoms with Crippen molar-refractivity contribution >= 4 is 35.2 Å². The van der Waals surface area contributed by atoms with E-state index in [2.05, 4.69) is 10.2 Å². The largest absolute Gasteiger partial charge is 0.411 e. The minimum Gasteiger partial charge on any atom is -0.411 e. The Morgan fingerprint density at radius 3 is 2.40 bits per heavy atom. The third-order valence-corrected chi connectivity index (χ3v) is 6.74. The quantitative estimate of drug-likeness (QED) is 0.648. The first-order chi connectivity index (χ1) is 14.6. The van der Waals surface area contributed by atoms with Gasteiger partial charge in [-0.05, 0) is 56.4 Å². The zero-order valence-electron chi connectivity index (χ0n) is 16.8. The number of carbonyl (C=O) groups excluding carboxylic acids is 2. The van der Waals surface area contributed by atoms with Crippen molar-refractivity contribution in [2.75, 3.05) is 31.9 Å². The molecule has 0 unspecified atom stereocenters. The van der Waals surface area contributed by atoms with E-state index in [1.807, 2.05) is 21.9 Å². The van der Waals surface area contributed by atoms with Gasteiger partial charge in [0.25, 0.3) is 5.22 Å². The fourth-order valence-electron chi connectivity index (χ4n) is 3.94. The van der Waals surface area contributed by atoms with Gasteiger partial charge < -0.3 is 14.2 Å². The number of aromatic nitrogens is 2. The maximum absolute atomic E-state index is 12.7. The van der Waals surface area contributed by atoms with Gasteiger partial charge in [0.15, 0.2) is 0 Å². The van der Waals surface area contributed by atoms with Gasteiger partial charge in [-0.25, -0.2) is 0 Å². The highest BCUT2D eigenvalue weighted by Crippen LogP contribution is 2.26. The van der Waals surface area contributed by atoms with Gasteiger partial charge in [-0.2, -0.15) is 0 Å². The summed E-state index contributed by atoms with van der Waals surface area (Å²) in [7, 11) is 0. The van der Waals surface area contributed by atoms with Crippen LogP contribution in [0.3, 0.4) is 0 Å². The van der Waals surface area contributed by atoms with Crippen molar-refractivity contribution in [1.82, 2.24) is 20.0 Å². The van der Waals surface area contributed by atoms with E-state index in [1.165, 1.54) is 18.2 Å². The number of amides is 2. The van der Waals surface area contributed by atoms with Gasteiger partial charge in [-0.15, -0.1) is 10.2 Å². The van der Waals surface area contributed by atoms with Gasteiger partial charge in [-0.3, -0.25) is 9.59 Å². The van der Waals surface area contributed by atoms with E-state index in [4.69, 9.17) is 16.0 Å². The van der Waals surface area contributed by atoms with E-state index in [9.17, 15) is 9.59 Å². The van der Waals surface area contributed by atoms with E-state index in [0.717, 1.165) is 44.3 Å². The Labute approximate surface area is 185 Å². The van der Waals surface area contributed by atoms with Gasteiger partial charge >= 0.3 is 0 Å². The summed E-state index contributed by atoms with van der Waals surface area (Å²) in [5.74, 6) is 1.01. The summed E-state index contributed by atoms with van der Waals surface area (Å²) in [6, 6.07) is 7.14. The number of hydrogen-bond donors (Lipinski definition) is 0. The number of hydrogen-bond acceptors (Lipinski definition) is 6. The summed E-state index contributed by atoms with van der Waals surface area (Å²) < 4.78 is 5.64. The average Bonchev–Trinajstić information content (AvgIpc) is 3.27. The summed E-state index contributed by atoms with van der Waals surface area (Å²) in [6.07, 6.45) is 4.92. The van der Waals surface area contributed by atoms with Gasteiger partial charge in [0.05, 0.1) is 5.75 Å². The van der Waals surface area contributed by atoms with Gasteiger partial charge in [-0.1, -0.05) is 23.4 Å². The molecule has 2 saturated heterocycles. The van der Waals surface area contributed by atoms with Crippen LogP contribution in [0.5, 0.6) is 0 Å². The van der Waals surface area contributed by atoms with Crippen LogP contribution in [-0.2, 0) is 9.59 Å². The molecule has 0 atom stereocenters. The molecule has 2 aromatic rings. The molecule has 1 aromatic heterocycles. The summed E-state index contributed by atoms with van der Waals surface area (Å²) in [4.78, 5) is 29.1. The average molecular weight is 449 g/mol. The van der Waals surface area contributed by atoms with E-state index in [0.29, 0.717) is 29.2 Å². The first-order valence-electron chi connectivity index (χ1n) is 10.4. The van der Waals surface area contributed by atoms with Crippen molar-refractivity contribution in [2.24, 2.45) is 5.92 Å². The number of rotatable bonds is 5. The standard InChI is InChI=1S/C21H25ClN4O3S/c22-17-6-4-15(5-7-17)19-23-24-21(29-19)30-14-18(27)25-12-8-16(9-13-25)20(28)26-10-2-1-3-11-26/h4-7,16H,1-3,8-14H2. The summed E-state index contributed by atoms with van der Waals surface area (Å²) in [6.45, 7) is 3.03. The Bertz CT molecular complexity index is 875. The van der Waals surface area contributed by atoms with Gasteiger partial charge in [0, 0.05) is 42.7 Å². The molecule has 0 spiro atoms. The second-order valence-corrected chi connectivity index (χ2v) is 9.07. The number of carbonyl (C=O) groups is 2. The fraction of sp³-hybridized carbons (Fsp3) is 0.524. The zero-order valence-corrected chi connectivity index (χ0v) is 18.3. The molecule has 9 heteroatoms. The van der Waals surface area contributed by atoms with E-state index >= 15 is 0 Å². The van der Waals surface area contributed by atoms with Crippen LogP contribution in [0.2, 0.25) is 5.02 Å². The lowest BCUT2D eigenvalue weighted by molar-refractivity contribution is -0.140. The smallest absolute Gasteiger partial charge is 0.277 e. The normalized spacial score (nSPS) is 17.9. The van der Waals surface area contributed by atoms with Gasteiger partial charge in [0.1, 0.15) is 0 Å². The lowest BCUT2D eigenvalue weighted by atomic mass is 9.94. The molecule has 0 radical (unpaired) electrons. The second kappa shape index (κ2) is 9.83. The molecule has 7 nitrogen and oxygen atoms in total. The molecule has 0 aliphatic carbocycles. The number of likely N-dealkylation sites (tertiary alicyclic amines) is 2. The second-order valence-electron chi connectivity index (χ2n) is 7.71. The minimum atomic E-state index is 0.0371. The predicted octanol–water partition coefficient (Wildman–Crippen LogP) is 3.73. The van der Waals surface area contributed by atoms with Crippen LogP contribution >= 0.6 is 23.4 Å². The molecule has 2 aliphatic heterocycles. The maximum Gasteiger partial charge on any atom is 0.277 e. The van der Waals surface area contributed by atoms with Crippen LogP contribution in [0, 0.1) is 5.92 Å². The Morgan fingerprint density at radius 1 is 1.00 bits per heavy atom. The molecule has 0 bridgehead atoms. The lowest BCUT2D eigenvalue weighted by Crippen LogP contribution is -2.46. The highest BCUT2D eigenvalue weighted by Gasteiger charge is 2.30. The molecule has 2 aliphatic rings. The molecule has 2 fully saturated rings. The number of thioether (sulfide) groups is 1. The molecule has 30 heavy (non-hydrogen) atoms. The molecule has 2 amide bonds. The van der Waals surface area contributed by atoms with Crippen LogP contribution < -0.4 is 0 Å². The molecule has 160 valence electrons. The van der Waals surface area contributed by atoms with Crippen LogP contribution in [0.4, 0.5) is 0 Å². The molecular formula is C21H25ClN4O3S. The van der Waals surface area contributed by atoms with Crippen LogP contribution in [0.1, 0.15) is 32.1 Å². The van der Waals surface area contributed by atoms with Crippen LogP contribution in [0.25, 0.3) is 11.5 Å². The highest BCUT2D eigenvalue weighted by molar-refractivity contribution is 7.99. The van der Waals surface area contributed by atoms with Crippen molar-refractivity contribution in [2.45, 2.75) is 37.3 Å². The first kappa shape index (κ1) is 21.2. The minimum absolute atomic E-state index is 0.0371. The van der Waals surface area contributed by atoms with Crippen molar-refractivity contribution < 1.29 is 14.0 Å². The lowest BCUT2D eigenvalue weighted by Gasteiger charge is -2.35. The van der Waals surface area contributed by atoms with Crippen LogP contribution in [-0.4, -0.2) is 63.7 Å². The molecule has 4 rings (SSSR count). The van der Waals surface area contributed by atoms with E-state index in [1.54, 1.807) is 12.1 Å². The molecule has 0 saturated carbocycles. The van der Waals surface area contributed by atoms with Crippen molar-refractivity contribution in [3.8, 4) is 11.5 Å². The SMILES string of the molecule is O=C(CSc1nnc(-c2ccc(Cl)cc2)o1)N1CCC(C(=O)N2CCCCC2)CC1. The Hall–Kier alpha value is -2.06. The zero-order chi connectivity index (χ0) is 20.9. The van der Waals surface area contributed by atoms with E-state index < -0.39 is 0 Å². The number of benzene rings is 1. The monoisotopic (exact) mass is 448 g/mol. The first-order valence-corrected chi connectivity index (χ1v) is 11.8. The summed E-state index contributed by atoms with van der Waals surface area (Å²) in [5.41, 5.74) is 0.783. The van der Waals surface area contributed by atoms with Crippen molar-refractivity contribution in [3.63, 3.8) is 0 Å². The number of halogens is 1. The van der Waals surface area contributed by atoms with Crippen molar-refractivity contribution in [3.05, 3.63) is 29.3 Å². The molecule has 3 heterocycles. The number of nitrogens with zero attached hydrogens (tertiary/aromatic N) is 4. The molecule has 0 N–H and O–H groups in total. The third kappa shape index (κ3) is 5.16. The molecule has 1 aromatic carbocycles. The Morgan fingerprint density at radius 2 is 1.70 bits per heavy atom. The summed E-state index contributed by atoms with van der Waals surface area (Å²) in [5, 5.41) is 9.05. The van der Waals surface area contributed by atoms with Crippen molar-refractivity contribution in [1.29, 1.82) is 0 Å². The summed E-state index contributed by atoms with van der Waals surface area (Å²) >= 11 is 7.13. The molecular weight excluding hydrogens is 424 g/mol. The highest BCUT2D eigenvalue weighted by atomic mass is 35.5. The van der Waals surface area contributed by atoms with E-state index in [-0.39, 0.29) is 23.5 Å². The van der Waals surface area contributed by atoms with Crippen LogP contribution in [0.15, 0.2) is 33.9 Å². The predicted molar refractivity (Wildman–Crippen MR) is 115 cm³/mol. The Balaban J connectivity index is 1.23. The third-order valence-electron chi connectivity index (χ3n) is 5.68. The fourth-order valence-corrected chi connectivity index (χ4v) is 4.73. The Kier molecular flexibility index (Phi) is 6.94.